The summed E-state index contributed by atoms with van der Waals surface area (Å²) in [6.07, 6.45) is 2.95. The lowest BCUT2D eigenvalue weighted by Crippen LogP contribution is -2.17. The van der Waals surface area contributed by atoms with Crippen LogP contribution >= 0.6 is 0 Å². The second-order valence-corrected chi connectivity index (χ2v) is 5.65. The summed E-state index contributed by atoms with van der Waals surface area (Å²) < 4.78 is 0. The number of hydrogen-bond donors (Lipinski definition) is 1. The number of nitrogens with zero attached hydrogens (tertiary/aromatic N) is 1. The summed E-state index contributed by atoms with van der Waals surface area (Å²) >= 11 is 0. The molecule has 3 rings (SSSR count). The highest BCUT2D eigenvalue weighted by molar-refractivity contribution is 5.36. The van der Waals surface area contributed by atoms with E-state index in [0.29, 0.717) is 5.92 Å². The quantitative estimate of drug-likeness (QED) is 0.690. The number of nitrogens with two attached hydrogens (primary N) is 1. The normalized spacial score (nSPS) is 20.2. The smallest absolute Gasteiger partial charge is 0.269 e. The maximum absolute atomic E-state index is 10.6. The second-order valence-electron chi connectivity index (χ2n) is 5.65. The van der Waals surface area contributed by atoms with Crippen LogP contribution in [0.15, 0.2) is 48.5 Å². The first kappa shape index (κ1) is 13.8. The minimum atomic E-state index is -0.368. The maximum Gasteiger partial charge on any atom is 0.269 e. The zero-order chi connectivity index (χ0) is 14.8. The van der Waals surface area contributed by atoms with Crippen LogP contribution in [0.2, 0.25) is 0 Å². The number of rotatable bonds is 4. The fourth-order valence-electron chi connectivity index (χ4n) is 3.13. The highest BCUT2D eigenvalue weighted by atomic mass is 16.6. The van der Waals surface area contributed by atoms with E-state index in [2.05, 4.69) is 18.2 Å². The zero-order valence-corrected chi connectivity index (χ0v) is 11.7. The highest BCUT2D eigenvalue weighted by Crippen LogP contribution is 2.36. The van der Waals surface area contributed by atoms with Crippen molar-refractivity contribution in [2.75, 3.05) is 0 Å². The topological polar surface area (TPSA) is 69.2 Å². The molecule has 21 heavy (non-hydrogen) atoms. The molecule has 1 aliphatic carbocycles. The Morgan fingerprint density at radius 1 is 1.14 bits per heavy atom. The van der Waals surface area contributed by atoms with Crippen molar-refractivity contribution in [1.82, 2.24) is 0 Å². The standard InChI is InChI=1S/C17H18N2O2/c18-17-14(11-13-3-1-2-4-16(13)17)8-5-12-6-9-15(10-7-12)19(20)21/h1-4,6-7,9-10,14,17H,5,8,11,18H2. The van der Waals surface area contributed by atoms with E-state index in [9.17, 15) is 10.1 Å². The van der Waals surface area contributed by atoms with Gasteiger partial charge in [0, 0.05) is 18.2 Å². The summed E-state index contributed by atoms with van der Waals surface area (Å²) in [6.45, 7) is 0. The minimum absolute atomic E-state index is 0.110. The first-order valence-corrected chi connectivity index (χ1v) is 7.22. The molecule has 0 saturated heterocycles. The summed E-state index contributed by atoms with van der Waals surface area (Å²) in [7, 11) is 0. The molecule has 0 aromatic heterocycles. The van der Waals surface area contributed by atoms with Crippen molar-refractivity contribution in [2.45, 2.75) is 25.3 Å². The van der Waals surface area contributed by atoms with Crippen molar-refractivity contribution < 1.29 is 4.92 Å². The predicted octanol–water partition coefficient (Wildman–Crippen LogP) is 3.40. The zero-order valence-electron chi connectivity index (χ0n) is 11.7. The molecule has 0 bridgehead atoms. The average Bonchev–Trinajstić information content (AvgIpc) is 2.82. The van der Waals surface area contributed by atoms with Crippen LogP contribution in [0.25, 0.3) is 0 Å². The summed E-state index contributed by atoms with van der Waals surface area (Å²) in [6, 6.07) is 15.3. The van der Waals surface area contributed by atoms with E-state index in [1.165, 1.54) is 11.1 Å². The van der Waals surface area contributed by atoms with E-state index in [1.807, 2.05) is 18.2 Å². The largest absolute Gasteiger partial charge is 0.324 e. The summed E-state index contributed by atoms with van der Waals surface area (Å²) in [5.74, 6) is 0.456. The first-order chi connectivity index (χ1) is 10.1. The molecule has 1 aliphatic rings. The molecule has 2 aromatic carbocycles. The Kier molecular flexibility index (Phi) is 3.71. The molecule has 0 fully saturated rings. The summed E-state index contributed by atoms with van der Waals surface area (Å²) in [4.78, 5) is 10.3. The van der Waals surface area contributed by atoms with Crippen LogP contribution < -0.4 is 5.73 Å². The lowest BCUT2D eigenvalue weighted by molar-refractivity contribution is -0.384. The van der Waals surface area contributed by atoms with Gasteiger partial charge < -0.3 is 5.73 Å². The minimum Gasteiger partial charge on any atom is -0.324 e. The van der Waals surface area contributed by atoms with Gasteiger partial charge in [0.15, 0.2) is 0 Å². The van der Waals surface area contributed by atoms with Gasteiger partial charge in [-0.25, -0.2) is 0 Å². The highest BCUT2D eigenvalue weighted by Gasteiger charge is 2.28. The van der Waals surface area contributed by atoms with E-state index in [0.717, 1.165) is 24.8 Å². The van der Waals surface area contributed by atoms with Crippen LogP contribution in [0.1, 0.15) is 29.2 Å². The lowest BCUT2D eigenvalue weighted by Gasteiger charge is -2.15. The Morgan fingerprint density at radius 3 is 2.52 bits per heavy atom. The molecular weight excluding hydrogens is 264 g/mol. The lowest BCUT2D eigenvalue weighted by atomic mass is 9.94. The molecule has 0 spiro atoms. The number of non-ortho nitro benzene ring substituents is 1. The third-order valence-electron chi connectivity index (χ3n) is 4.36. The molecule has 0 heterocycles. The Hall–Kier alpha value is -2.20. The molecular formula is C17H18N2O2. The van der Waals surface area contributed by atoms with Crippen LogP contribution in [0.5, 0.6) is 0 Å². The van der Waals surface area contributed by atoms with E-state index in [1.54, 1.807) is 12.1 Å². The SMILES string of the molecule is NC1c2ccccc2CC1CCc1ccc([N+](=O)[O-])cc1. The molecule has 0 amide bonds. The van der Waals surface area contributed by atoms with Crippen molar-refractivity contribution in [3.05, 3.63) is 75.3 Å². The van der Waals surface area contributed by atoms with Crippen LogP contribution in [-0.4, -0.2) is 4.92 Å². The van der Waals surface area contributed by atoms with Crippen molar-refractivity contribution in [2.24, 2.45) is 11.7 Å². The fourth-order valence-corrected chi connectivity index (χ4v) is 3.13. The molecule has 2 atom stereocenters. The molecule has 0 aliphatic heterocycles. The number of nitro groups is 1. The molecule has 0 saturated carbocycles. The van der Waals surface area contributed by atoms with E-state index in [4.69, 9.17) is 5.73 Å². The second kappa shape index (κ2) is 5.66. The third-order valence-corrected chi connectivity index (χ3v) is 4.36. The van der Waals surface area contributed by atoms with Crippen molar-refractivity contribution in [3.8, 4) is 0 Å². The first-order valence-electron chi connectivity index (χ1n) is 7.22. The van der Waals surface area contributed by atoms with E-state index < -0.39 is 0 Å². The number of aryl methyl sites for hydroxylation is 1. The number of fused-ring (bicyclic) bond motifs is 1. The van der Waals surface area contributed by atoms with E-state index >= 15 is 0 Å². The van der Waals surface area contributed by atoms with Crippen molar-refractivity contribution >= 4 is 5.69 Å². The van der Waals surface area contributed by atoms with Gasteiger partial charge in [0.25, 0.3) is 5.69 Å². The molecule has 2 aromatic rings. The van der Waals surface area contributed by atoms with Gasteiger partial charge in [-0.05, 0) is 41.9 Å². The molecule has 108 valence electrons. The van der Waals surface area contributed by atoms with E-state index in [-0.39, 0.29) is 16.7 Å². The number of benzene rings is 2. The van der Waals surface area contributed by atoms with Crippen LogP contribution in [-0.2, 0) is 12.8 Å². The van der Waals surface area contributed by atoms with Gasteiger partial charge in [-0.15, -0.1) is 0 Å². The Balaban J connectivity index is 1.63. The molecule has 4 nitrogen and oxygen atoms in total. The van der Waals surface area contributed by atoms with Crippen LogP contribution in [0.3, 0.4) is 0 Å². The third kappa shape index (κ3) is 2.81. The molecule has 2 unspecified atom stereocenters. The summed E-state index contributed by atoms with van der Waals surface area (Å²) in [5.41, 5.74) is 10.2. The number of nitro benzene ring substituents is 1. The molecule has 0 radical (unpaired) electrons. The van der Waals surface area contributed by atoms with Gasteiger partial charge in [0.1, 0.15) is 0 Å². The van der Waals surface area contributed by atoms with Gasteiger partial charge in [-0.2, -0.15) is 0 Å². The Morgan fingerprint density at radius 2 is 1.86 bits per heavy atom. The Bertz CT molecular complexity index is 652. The van der Waals surface area contributed by atoms with Crippen LogP contribution in [0.4, 0.5) is 5.69 Å². The van der Waals surface area contributed by atoms with Gasteiger partial charge in [-0.3, -0.25) is 10.1 Å². The maximum atomic E-state index is 10.6. The number of hydrogen-bond acceptors (Lipinski definition) is 3. The fraction of sp³-hybridized carbons (Fsp3) is 0.294. The average molecular weight is 282 g/mol. The molecule has 2 N–H and O–H groups in total. The van der Waals surface area contributed by atoms with Crippen molar-refractivity contribution in [3.63, 3.8) is 0 Å². The van der Waals surface area contributed by atoms with Crippen molar-refractivity contribution in [1.29, 1.82) is 0 Å². The van der Waals surface area contributed by atoms with Gasteiger partial charge in [0.05, 0.1) is 4.92 Å². The molecule has 4 heteroatoms. The summed E-state index contributed by atoms with van der Waals surface area (Å²) in [5, 5.41) is 10.6. The van der Waals surface area contributed by atoms with Gasteiger partial charge >= 0.3 is 0 Å². The van der Waals surface area contributed by atoms with Gasteiger partial charge in [0.2, 0.25) is 0 Å². The predicted molar refractivity (Wildman–Crippen MR) is 82.0 cm³/mol. The van der Waals surface area contributed by atoms with Gasteiger partial charge in [-0.1, -0.05) is 36.4 Å². The van der Waals surface area contributed by atoms with Crippen LogP contribution in [0, 0.1) is 16.0 Å². The Labute approximate surface area is 123 Å². The monoisotopic (exact) mass is 282 g/mol.